The maximum Gasteiger partial charge on any atom is 0.208 e. The first kappa shape index (κ1) is 25.4. The minimum absolute atomic E-state index is 0. The molecular formula is C21H38IN5O3. The van der Waals surface area contributed by atoms with Gasteiger partial charge in [-0.1, -0.05) is 0 Å². The van der Waals surface area contributed by atoms with E-state index in [1.807, 2.05) is 20.9 Å². The molecule has 2 saturated heterocycles. The molecule has 0 amide bonds. The number of nitrogens with zero attached hydrogens (tertiary/aromatic N) is 3. The Kier molecular flexibility index (Phi) is 10.8. The van der Waals surface area contributed by atoms with E-state index >= 15 is 0 Å². The maximum atomic E-state index is 5.89. The van der Waals surface area contributed by atoms with Gasteiger partial charge in [-0.3, -0.25) is 9.89 Å². The number of ether oxygens (including phenoxy) is 2. The van der Waals surface area contributed by atoms with Gasteiger partial charge >= 0.3 is 0 Å². The van der Waals surface area contributed by atoms with Crippen LogP contribution in [0.15, 0.2) is 9.41 Å². The minimum atomic E-state index is 0. The largest absolute Gasteiger partial charge is 0.444 e. The molecule has 0 bridgehead atoms. The summed E-state index contributed by atoms with van der Waals surface area (Å²) >= 11 is 0. The van der Waals surface area contributed by atoms with E-state index in [1.165, 1.54) is 12.8 Å². The maximum absolute atomic E-state index is 5.89. The van der Waals surface area contributed by atoms with Crippen LogP contribution in [0.4, 0.5) is 0 Å². The van der Waals surface area contributed by atoms with Crippen LogP contribution >= 0.6 is 24.0 Å². The molecule has 172 valence electrons. The number of piperidine rings is 1. The standard InChI is InChI=1S/C21H37N5O3.HI/c1-15(13-28-19-7-10-27-14-19)24-21(22-4)23-11-18-5-8-26(9-6-18)12-20-25-16(2)17(3)29-20;/h15,18-19H,5-14H2,1-4H3,(H2,22,23,24);1H. The van der Waals surface area contributed by atoms with Crippen LogP contribution in [0, 0.1) is 19.8 Å². The third-order valence-electron chi connectivity index (χ3n) is 5.77. The number of aromatic nitrogens is 1. The fraction of sp³-hybridized carbons (Fsp3) is 0.810. The van der Waals surface area contributed by atoms with Gasteiger partial charge in [0.05, 0.1) is 31.6 Å². The van der Waals surface area contributed by atoms with Crippen LogP contribution in [-0.2, 0) is 16.0 Å². The monoisotopic (exact) mass is 535 g/mol. The van der Waals surface area contributed by atoms with E-state index in [1.54, 1.807) is 0 Å². The Labute approximate surface area is 197 Å². The van der Waals surface area contributed by atoms with Gasteiger partial charge in [0.15, 0.2) is 5.96 Å². The van der Waals surface area contributed by atoms with Crippen LogP contribution in [0.3, 0.4) is 0 Å². The Hall–Kier alpha value is -0.910. The SMILES string of the molecule is CN=C(NCC1CCN(Cc2nc(C)c(C)o2)CC1)NC(C)COC1CCOC1.I. The van der Waals surface area contributed by atoms with Crippen molar-refractivity contribution >= 4 is 29.9 Å². The first-order valence-corrected chi connectivity index (χ1v) is 10.8. The summed E-state index contributed by atoms with van der Waals surface area (Å²) < 4.78 is 17.0. The lowest BCUT2D eigenvalue weighted by Gasteiger charge is -2.31. The molecule has 2 unspecified atom stereocenters. The normalized spacial score (nSPS) is 22.0. The number of nitrogens with one attached hydrogen (secondary N) is 2. The summed E-state index contributed by atoms with van der Waals surface area (Å²) in [5.41, 5.74) is 0.995. The number of aryl methyl sites for hydroxylation is 2. The summed E-state index contributed by atoms with van der Waals surface area (Å²) in [6.45, 7) is 12.2. The Morgan fingerprint density at radius 3 is 2.67 bits per heavy atom. The molecule has 1 aromatic rings. The Morgan fingerprint density at radius 1 is 1.30 bits per heavy atom. The van der Waals surface area contributed by atoms with Crippen molar-refractivity contribution in [3.8, 4) is 0 Å². The van der Waals surface area contributed by atoms with Crippen molar-refractivity contribution in [2.45, 2.75) is 58.7 Å². The molecule has 2 fully saturated rings. The molecule has 2 atom stereocenters. The van der Waals surface area contributed by atoms with Gasteiger partial charge in [0, 0.05) is 26.2 Å². The zero-order valence-electron chi connectivity index (χ0n) is 18.8. The predicted octanol–water partition coefficient (Wildman–Crippen LogP) is 2.48. The molecule has 30 heavy (non-hydrogen) atoms. The summed E-state index contributed by atoms with van der Waals surface area (Å²) in [6, 6.07) is 0.205. The molecule has 0 spiro atoms. The van der Waals surface area contributed by atoms with Crippen molar-refractivity contribution in [1.82, 2.24) is 20.5 Å². The summed E-state index contributed by atoms with van der Waals surface area (Å²) in [6.07, 6.45) is 3.57. The van der Waals surface area contributed by atoms with Gasteiger partial charge in [0.25, 0.3) is 0 Å². The third-order valence-corrected chi connectivity index (χ3v) is 5.77. The smallest absolute Gasteiger partial charge is 0.208 e. The minimum Gasteiger partial charge on any atom is -0.444 e. The first-order valence-electron chi connectivity index (χ1n) is 10.8. The topological polar surface area (TPSA) is 84.2 Å². The number of hydrogen-bond donors (Lipinski definition) is 2. The van der Waals surface area contributed by atoms with E-state index < -0.39 is 0 Å². The van der Waals surface area contributed by atoms with E-state index in [4.69, 9.17) is 13.9 Å². The Bertz CT molecular complexity index is 636. The molecule has 0 aliphatic carbocycles. The summed E-state index contributed by atoms with van der Waals surface area (Å²) in [5, 5.41) is 6.90. The van der Waals surface area contributed by atoms with Crippen LogP contribution in [0.2, 0.25) is 0 Å². The van der Waals surface area contributed by atoms with Crippen LogP contribution in [0.5, 0.6) is 0 Å². The zero-order valence-corrected chi connectivity index (χ0v) is 21.1. The Balaban J connectivity index is 0.00000320. The Morgan fingerprint density at radius 2 is 2.07 bits per heavy atom. The molecule has 3 heterocycles. The highest BCUT2D eigenvalue weighted by Crippen LogP contribution is 2.19. The van der Waals surface area contributed by atoms with E-state index in [0.29, 0.717) is 19.1 Å². The van der Waals surface area contributed by atoms with Gasteiger partial charge in [-0.05, 0) is 59.0 Å². The highest BCUT2D eigenvalue weighted by molar-refractivity contribution is 14.0. The fourth-order valence-electron chi connectivity index (χ4n) is 3.78. The van der Waals surface area contributed by atoms with Crippen molar-refractivity contribution in [2.75, 3.05) is 46.5 Å². The second kappa shape index (κ2) is 12.8. The number of halogens is 1. The van der Waals surface area contributed by atoms with Crippen LogP contribution in [0.1, 0.15) is 43.5 Å². The van der Waals surface area contributed by atoms with Crippen molar-refractivity contribution in [3.63, 3.8) is 0 Å². The number of rotatable bonds is 8. The molecule has 3 rings (SSSR count). The number of hydrogen-bond acceptors (Lipinski definition) is 6. The molecule has 9 heteroatoms. The number of oxazole rings is 1. The number of aliphatic imine (C=N–C) groups is 1. The summed E-state index contributed by atoms with van der Waals surface area (Å²) in [5.74, 6) is 3.26. The second-order valence-electron chi connectivity index (χ2n) is 8.29. The highest BCUT2D eigenvalue weighted by Gasteiger charge is 2.22. The molecule has 0 aromatic carbocycles. The van der Waals surface area contributed by atoms with Crippen LogP contribution < -0.4 is 10.6 Å². The average Bonchev–Trinajstić information content (AvgIpc) is 3.34. The number of guanidine groups is 1. The third kappa shape index (κ3) is 7.97. The molecule has 0 radical (unpaired) electrons. The van der Waals surface area contributed by atoms with Crippen LogP contribution in [-0.4, -0.2) is 74.5 Å². The lowest BCUT2D eigenvalue weighted by Crippen LogP contribution is -2.47. The quantitative estimate of drug-likeness (QED) is 0.301. The van der Waals surface area contributed by atoms with E-state index in [2.05, 4.69) is 32.4 Å². The molecule has 2 N–H and O–H groups in total. The van der Waals surface area contributed by atoms with Crippen LogP contribution in [0.25, 0.3) is 0 Å². The van der Waals surface area contributed by atoms with Gasteiger partial charge in [0.2, 0.25) is 5.89 Å². The summed E-state index contributed by atoms with van der Waals surface area (Å²) in [7, 11) is 1.82. The molecule has 8 nitrogen and oxygen atoms in total. The van der Waals surface area contributed by atoms with Crippen molar-refractivity contribution in [3.05, 3.63) is 17.3 Å². The fourth-order valence-corrected chi connectivity index (χ4v) is 3.78. The van der Waals surface area contributed by atoms with Gasteiger partial charge in [-0.2, -0.15) is 0 Å². The zero-order chi connectivity index (χ0) is 20.6. The molecule has 2 aliphatic heterocycles. The highest BCUT2D eigenvalue weighted by atomic mass is 127. The lowest BCUT2D eigenvalue weighted by atomic mass is 9.97. The van der Waals surface area contributed by atoms with E-state index in [9.17, 15) is 0 Å². The molecular weight excluding hydrogens is 497 g/mol. The van der Waals surface area contributed by atoms with E-state index in [0.717, 1.165) is 62.5 Å². The van der Waals surface area contributed by atoms with Crippen molar-refractivity contribution in [2.24, 2.45) is 10.9 Å². The molecule has 2 aliphatic rings. The molecule has 0 saturated carbocycles. The molecule has 1 aromatic heterocycles. The first-order chi connectivity index (χ1) is 14.0. The van der Waals surface area contributed by atoms with Gasteiger partial charge in [0.1, 0.15) is 5.76 Å². The van der Waals surface area contributed by atoms with E-state index in [-0.39, 0.29) is 36.1 Å². The second-order valence-corrected chi connectivity index (χ2v) is 8.29. The number of likely N-dealkylation sites (tertiary alicyclic amines) is 1. The lowest BCUT2D eigenvalue weighted by molar-refractivity contribution is 0.0347. The van der Waals surface area contributed by atoms with Crippen molar-refractivity contribution < 1.29 is 13.9 Å². The van der Waals surface area contributed by atoms with Crippen molar-refractivity contribution in [1.29, 1.82) is 0 Å². The van der Waals surface area contributed by atoms with Gasteiger partial charge in [-0.25, -0.2) is 4.98 Å². The van der Waals surface area contributed by atoms with Gasteiger partial charge < -0.3 is 24.5 Å². The predicted molar refractivity (Wildman–Crippen MR) is 129 cm³/mol. The average molecular weight is 535 g/mol. The van der Waals surface area contributed by atoms with Gasteiger partial charge in [-0.15, -0.1) is 24.0 Å². The summed E-state index contributed by atoms with van der Waals surface area (Å²) in [4.78, 5) is 11.3.